The summed E-state index contributed by atoms with van der Waals surface area (Å²) in [6.45, 7) is 10.9. The number of hydrogen-bond donors (Lipinski definition) is 3. The number of nitrogens with zero attached hydrogens (tertiary/aromatic N) is 4. The Hall–Kier alpha value is -1.99. The number of oxazole rings is 1. The van der Waals surface area contributed by atoms with Crippen molar-refractivity contribution in [3.63, 3.8) is 0 Å². The van der Waals surface area contributed by atoms with Crippen LogP contribution in [0.4, 0.5) is 5.13 Å². The number of hydrogen-bond acceptors (Lipinski definition) is 10. The molecule has 0 bridgehead atoms. The first kappa shape index (κ1) is 28.6. The van der Waals surface area contributed by atoms with E-state index in [1.807, 2.05) is 7.05 Å². The van der Waals surface area contributed by atoms with E-state index in [2.05, 4.69) is 51.2 Å². The van der Waals surface area contributed by atoms with Crippen molar-refractivity contribution in [1.29, 1.82) is 0 Å². The van der Waals surface area contributed by atoms with Gasteiger partial charge >= 0.3 is 0 Å². The Bertz CT molecular complexity index is 981. The average Bonchev–Trinajstić information content (AvgIpc) is 3.48. The molecule has 0 spiro atoms. The number of amides is 2. The molecule has 0 aliphatic carbocycles. The average molecular weight is 538 g/mol. The van der Waals surface area contributed by atoms with Crippen molar-refractivity contribution in [2.45, 2.75) is 49.0 Å². The lowest BCUT2D eigenvalue weighted by molar-refractivity contribution is -0.123. The van der Waals surface area contributed by atoms with Gasteiger partial charge in [-0.25, -0.2) is 9.97 Å². The highest BCUT2D eigenvalue weighted by atomic mass is 32.2. The zero-order chi connectivity index (χ0) is 26.1. The molecular formula is C24H39N7O3S2. The molecule has 2 amide bonds. The minimum Gasteiger partial charge on any atom is -0.444 e. The van der Waals surface area contributed by atoms with Crippen molar-refractivity contribution in [3.8, 4) is 0 Å². The zero-order valence-corrected chi connectivity index (χ0v) is 23.3. The lowest BCUT2D eigenvalue weighted by Gasteiger charge is -2.30. The Balaban J connectivity index is 1.35. The molecular weight excluding hydrogens is 498 g/mol. The third-order valence-corrected chi connectivity index (χ3v) is 8.09. The molecule has 0 saturated carbocycles. The van der Waals surface area contributed by atoms with Crippen LogP contribution in [0.3, 0.4) is 0 Å². The second-order valence-corrected chi connectivity index (χ2v) is 12.4. The van der Waals surface area contributed by atoms with Gasteiger partial charge in [-0.05, 0) is 33.0 Å². The molecule has 3 heterocycles. The zero-order valence-electron chi connectivity index (χ0n) is 21.7. The van der Waals surface area contributed by atoms with Crippen molar-refractivity contribution in [2.75, 3.05) is 58.2 Å². The maximum absolute atomic E-state index is 12.8. The highest BCUT2D eigenvalue weighted by molar-refractivity contribution is 8.00. The summed E-state index contributed by atoms with van der Waals surface area (Å²) in [5, 5.41) is 6.52. The van der Waals surface area contributed by atoms with Crippen LogP contribution >= 0.6 is 23.1 Å². The highest BCUT2D eigenvalue weighted by Gasteiger charge is 2.26. The number of piperidine rings is 1. The van der Waals surface area contributed by atoms with Crippen molar-refractivity contribution in [2.24, 2.45) is 11.7 Å². The molecule has 1 aliphatic rings. The standard InChI is InChI=1S/C24H39N7O3S2/c1-24(2,3)18-13-27-20(34-18)16-35-21-14-28-23(36-21)29-22(33)17-5-9-31(10-6-17)15-19(32)26-8-12-30(4)11-7-25/h13-14,17H,5-12,15-16,25H2,1-4H3,(H,26,32)(H,28,29,33). The number of rotatable bonds is 12. The number of likely N-dealkylation sites (N-methyl/N-ethyl adjacent to an activating group) is 1. The van der Waals surface area contributed by atoms with Crippen molar-refractivity contribution >= 4 is 40.0 Å². The number of carbonyl (C=O) groups is 2. The van der Waals surface area contributed by atoms with E-state index in [1.165, 1.54) is 11.3 Å². The van der Waals surface area contributed by atoms with Gasteiger partial charge in [0, 0.05) is 37.5 Å². The van der Waals surface area contributed by atoms with E-state index in [0.29, 0.717) is 36.4 Å². The molecule has 200 valence electrons. The van der Waals surface area contributed by atoms with E-state index in [4.69, 9.17) is 10.2 Å². The number of likely N-dealkylation sites (tertiary alicyclic amines) is 1. The van der Waals surface area contributed by atoms with Gasteiger partial charge in [-0.1, -0.05) is 32.1 Å². The second kappa shape index (κ2) is 13.5. The molecule has 10 nitrogen and oxygen atoms in total. The fourth-order valence-electron chi connectivity index (χ4n) is 3.78. The van der Waals surface area contributed by atoms with E-state index in [9.17, 15) is 9.59 Å². The minimum absolute atomic E-state index is 0.00420. The Kier molecular flexibility index (Phi) is 10.7. The molecule has 36 heavy (non-hydrogen) atoms. The quantitative estimate of drug-likeness (QED) is 0.349. The number of thiazole rings is 1. The first-order chi connectivity index (χ1) is 17.1. The topological polar surface area (TPSA) is 130 Å². The van der Waals surface area contributed by atoms with Crippen molar-refractivity contribution in [1.82, 2.24) is 25.1 Å². The number of nitrogens with one attached hydrogen (secondary N) is 2. The van der Waals surface area contributed by atoms with Gasteiger partial charge in [0.1, 0.15) is 5.76 Å². The van der Waals surface area contributed by atoms with Gasteiger partial charge in [0.25, 0.3) is 0 Å². The summed E-state index contributed by atoms with van der Waals surface area (Å²) in [4.78, 5) is 37.9. The van der Waals surface area contributed by atoms with E-state index < -0.39 is 0 Å². The predicted molar refractivity (Wildman–Crippen MR) is 144 cm³/mol. The molecule has 2 aromatic heterocycles. The van der Waals surface area contributed by atoms with E-state index in [-0.39, 0.29) is 23.1 Å². The Labute approximate surface area is 221 Å². The van der Waals surface area contributed by atoms with Gasteiger partial charge in [-0.15, -0.1) is 11.8 Å². The van der Waals surface area contributed by atoms with Gasteiger partial charge in [0.05, 0.1) is 28.9 Å². The van der Waals surface area contributed by atoms with Gasteiger partial charge < -0.3 is 25.7 Å². The number of carbonyl (C=O) groups excluding carboxylic acids is 2. The fourth-order valence-corrected chi connectivity index (χ4v) is 5.51. The van der Waals surface area contributed by atoms with E-state index in [1.54, 1.807) is 24.2 Å². The van der Waals surface area contributed by atoms with Gasteiger partial charge in [-0.3, -0.25) is 14.5 Å². The Morgan fingerprint density at radius 2 is 2.00 bits per heavy atom. The number of nitrogens with two attached hydrogens (primary N) is 1. The summed E-state index contributed by atoms with van der Waals surface area (Å²) < 4.78 is 6.83. The largest absolute Gasteiger partial charge is 0.444 e. The summed E-state index contributed by atoms with van der Waals surface area (Å²) >= 11 is 3.05. The number of aromatic nitrogens is 2. The first-order valence-electron chi connectivity index (χ1n) is 12.4. The molecule has 0 atom stereocenters. The first-order valence-corrected chi connectivity index (χ1v) is 14.2. The van der Waals surface area contributed by atoms with Gasteiger partial charge in [-0.2, -0.15) is 0 Å². The molecule has 0 radical (unpaired) electrons. The Morgan fingerprint density at radius 3 is 2.67 bits per heavy atom. The van der Waals surface area contributed by atoms with Crippen molar-refractivity contribution < 1.29 is 14.0 Å². The van der Waals surface area contributed by atoms with Crippen LogP contribution in [0.15, 0.2) is 21.0 Å². The van der Waals surface area contributed by atoms with Crippen LogP contribution in [0.5, 0.6) is 0 Å². The lowest BCUT2D eigenvalue weighted by atomic mass is 9.94. The number of thioether (sulfide) groups is 1. The molecule has 1 fully saturated rings. The molecule has 4 N–H and O–H groups in total. The fraction of sp³-hybridized carbons (Fsp3) is 0.667. The molecule has 2 aromatic rings. The van der Waals surface area contributed by atoms with E-state index >= 15 is 0 Å². The molecule has 0 unspecified atom stereocenters. The molecule has 1 aliphatic heterocycles. The van der Waals surface area contributed by atoms with Crippen LogP contribution in [0, 0.1) is 5.92 Å². The number of anilines is 1. The molecule has 0 aromatic carbocycles. The van der Waals surface area contributed by atoms with Crippen LogP contribution in [0.1, 0.15) is 45.3 Å². The summed E-state index contributed by atoms with van der Waals surface area (Å²) in [5.41, 5.74) is 5.46. The van der Waals surface area contributed by atoms with Crippen LogP contribution in [-0.2, 0) is 20.8 Å². The smallest absolute Gasteiger partial charge is 0.234 e. The van der Waals surface area contributed by atoms with Crippen LogP contribution in [0.25, 0.3) is 0 Å². The molecule has 1 saturated heterocycles. The van der Waals surface area contributed by atoms with Crippen LogP contribution in [0.2, 0.25) is 0 Å². The van der Waals surface area contributed by atoms with E-state index in [0.717, 1.165) is 49.0 Å². The lowest BCUT2D eigenvalue weighted by Crippen LogP contribution is -2.44. The maximum Gasteiger partial charge on any atom is 0.234 e. The van der Waals surface area contributed by atoms with Crippen LogP contribution < -0.4 is 16.4 Å². The maximum atomic E-state index is 12.8. The monoisotopic (exact) mass is 537 g/mol. The van der Waals surface area contributed by atoms with Gasteiger partial charge in [0.15, 0.2) is 5.13 Å². The summed E-state index contributed by atoms with van der Waals surface area (Å²) in [7, 11) is 1.99. The summed E-state index contributed by atoms with van der Waals surface area (Å²) in [5.74, 6) is 2.11. The minimum atomic E-state index is -0.0719. The summed E-state index contributed by atoms with van der Waals surface area (Å²) in [6.07, 6.45) is 5.01. The molecule has 3 rings (SSSR count). The third-order valence-electron chi connectivity index (χ3n) is 6.00. The predicted octanol–water partition coefficient (Wildman–Crippen LogP) is 2.38. The molecule has 12 heteroatoms. The SMILES string of the molecule is CN(CCN)CCNC(=O)CN1CCC(C(=O)Nc2ncc(SCc3ncc(C(C)(C)C)o3)s2)CC1. The summed E-state index contributed by atoms with van der Waals surface area (Å²) in [6, 6.07) is 0. The third kappa shape index (κ3) is 9.15. The highest BCUT2D eigenvalue weighted by Crippen LogP contribution is 2.32. The second-order valence-electron chi connectivity index (χ2n) is 10.1. The van der Waals surface area contributed by atoms with Crippen molar-refractivity contribution in [3.05, 3.63) is 24.0 Å². The van der Waals surface area contributed by atoms with Gasteiger partial charge in [0.2, 0.25) is 17.7 Å². The normalized spacial score (nSPS) is 15.4. The Morgan fingerprint density at radius 1 is 1.25 bits per heavy atom. The van der Waals surface area contributed by atoms with Crippen LogP contribution in [-0.4, -0.2) is 84.4 Å².